The van der Waals surface area contributed by atoms with Gasteiger partial charge in [0.15, 0.2) is 0 Å². The van der Waals surface area contributed by atoms with Crippen LogP contribution >= 0.6 is 0 Å². The third-order valence-electron chi connectivity index (χ3n) is 13.6. The maximum atomic E-state index is 14.4. The summed E-state index contributed by atoms with van der Waals surface area (Å²) in [5.74, 6) is 1.03. The Morgan fingerprint density at radius 2 is 1.25 bits per heavy atom. The van der Waals surface area contributed by atoms with Crippen molar-refractivity contribution in [3.63, 3.8) is 0 Å². The largest absolute Gasteiger partial charge is 0.455 e. The van der Waals surface area contributed by atoms with E-state index >= 15 is 0 Å². The molecule has 0 N–H and O–H groups in total. The fourth-order valence-corrected chi connectivity index (χ4v) is 11.2. The second-order valence-electron chi connectivity index (χ2n) is 19.8. The van der Waals surface area contributed by atoms with Gasteiger partial charge in [0.2, 0.25) is 0 Å². The van der Waals surface area contributed by atoms with Crippen molar-refractivity contribution in [3.8, 4) is 44.9 Å². The van der Waals surface area contributed by atoms with Crippen LogP contribution in [0.5, 0.6) is 0 Å². The Morgan fingerprint density at radius 3 is 1.90 bits per heavy atom. The predicted octanol–water partition coefficient (Wildman–Crippen LogP) is 16.6. The summed E-state index contributed by atoms with van der Waals surface area (Å²) in [7, 11) is -1.33. The van der Waals surface area contributed by atoms with Gasteiger partial charge < -0.3 is 4.42 Å². The number of aryl methyl sites for hydroxylation is 1. The fourth-order valence-electron chi connectivity index (χ4n) is 9.53. The molecule has 0 bridgehead atoms. The van der Waals surface area contributed by atoms with Gasteiger partial charge in [-0.05, 0) is 119 Å². The van der Waals surface area contributed by atoms with Crippen LogP contribution in [0.25, 0.3) is 66.8 Å². The number of para-hydroxylation sites is 1. The van der Waals surface area contributed by atoms with E-state index in [-0.39, 0.29) is 31.3 Å². The predicted molar refractivity (Wildman–Crippen MR) is 283 cm³/mol. The smallest absolute Gasteiger partial charge is 0.144 e. The molecule has 1 aliphatic rings. The molecule has 0 saturated heterocycles. The Morgan fingerprint density at radius 1 is 0.632 bits per heavy atom. The molecule has 0 atom stereocenters. The van der Waals surface area contributed by atoms with E-state index in [9.17, 15) is 4.39 Å². The minimum absolute atomic E-state index is 0. The number of fused-ring (bicyclic) bond motifs is 3. The van der Waals surface area contributed by atoms with Gasteiger partial charge in [-0.3, -0.25) is 15.0 Å². The average Bonchev–Trinajstić information content (AvgIpc) is 4.04. The van der Waals surface area contributed by atoms with Gasteiger partial charge in [-0.2, -0.15) is 0 Å². The molecule has 0 spiro atoms. The van der Waals surface area contributed by atoms with Crippen LogP contribution in [0.3, 0.4) is 0 Å². The minimum Gasteiger partial charge on any atom is -0.455 e. The molecule has 0 aliphatic heterocycles. The molecule has 68 heavy (non-hydrogen) atoms. The Bertz CT molecular complexity index is 3080. The van der Waals surface area contributed by atoms with Crippen LogP contribution in [0.15, 0.2) is 175 Å². The molecule has 9 aromatic rings. The van der Waals surface area contributed by atoms with E-state index in [4.69, 9.17) is 14.4 Å². The maximum Gasteiger partial charge on any atom is 0.144 e. The van der Waals surface area contributed by atoms with E-state index < -0.39 is 8.07 Å². The summed E-state index contributed by atoms with van der Waals surface area (Å²) in [6.07, 6.45) is 12.2. The van der Waals surface area contributed by atoms with Crippen molar-refractivity contribution in [3.05, 3.63) is 193 Å². The molecule has 0 amide bonds. The van der Waals surface area contributed by atoms with Crippen molar-refractivity contribution in [1.29, 1.82) is 0 Å². The summed E-state index contributed by atoms with van der Waals surface area (Å²) in [6, 6.07) is 50.6. The van der Waals surface area contributed by atoms with Crippen LogP contribution in [0.1, 0.15) is 82.9 Å². The molecular weight excluding hydrogens is 1030 g/mol. The van der Waals surface area contributed by atoms with Crippen LogP contribution in [-0.2, 0) is 31.9 Å². The zero-order chi connectivity index (χ0) is 47.1. The number of hydrogen-bond acceptors (Lipinski definition) is 4. The summed E-state index contributed by atoms with van der Waals surface area (Å²) in [5.41, 5.74) is 13.7. The van der Waals surface area contributed by atoms with E-state index in [0.29, 0.717) is 17.4 Å². The van der Waals surface area contributed by atoms with Gasteiger partial charge in [0.25, 0.3) is 0 Å². The number of halogens is 1. The van der Waals surface area contributed by atoms with E-state index in [2.05, 4.69) is 150 Å². The van der Waals surface area contributed by atoms with Crippen molar-refractivity contribution in [2.24, 2.45) is 5.92 Å². The molecule has 4 nitrogen and oxygen atoms in total. The fraction of sp³-hybridized carbons (Fsp3) is 0.262. The van der Waals surface area contributed by atoms with Gasteiger partial charge in [-0.1, -0.05) is 164 Å². The Labute approximate surface area is 417 Å². The van der Waals surface area contributed by atoms with Crippen molar-refractivity contribution in [2.45, 2.75) is 97.7 Å². The second kappa shape index (κ2) is 22.1. The van der Waals surface area contributed by atoms with Gasteiger partial charge in [0.1, 0.15) is 17.0 Å². The molecule has 1 aliphatic carbocycles. The van der Waals surface area contributed by atoms with Gasteiger partial charge in [0.05, 0.1) is 25.2 Å². The summed E-state index contributed by atoms with van der Waals surface area (Å²) < 4.78 is 20.8. The van der Waals surface area contributed by atoms with E-state index in [1.165, 1.54) is 64.8 Å². The molecule has 5 aromatic carbocycles. The first-order chi connectivity index (χ1) is 32.3. The van der Waals surface area contributed by atoms with Crippen molar-refractivity contribution < 1.29 is 28.9 Å². The van der Waals surface area contributed by atoms with Crippen LogP contribution in [0.4, 0.5) is 4.39 Å². The first-order valence-electron chi connectivity index (χ1n) is 24.0. The Balaban J connectivity index is 0.000000170. The number of benzene rings is 5. The quantitative estimate of drug-likeness (QED) is 0.135. The molecule has 4 aromatic heterocycles. The molecular formula is C61H64FIrN3OSi. The van der Waals surface area contributed by atoms with Crippen LogP contribution < -0.4 is 5.19 Å². The van der Waals surface area contributed by atoms with E-state index in [1.54, 1.807) is 12.1 Å². The Hall–Kier alpha value is -5.85. The van der Waals surface area contributed by atoms with Crippen LogP contribution in [0, 0.1) is 11.7 Å². The van der Waals surface area contributed by atoms with E-state index in [1.807, 2.05) is 60.9 Å². The SMILES string of the molecule is CC(C)(c1ccnc(-c2cccc3c2oc2cc(-c4ccccc4F)ccc23)c1)C1CCCC1.CC(C)c1cc(-c2ccccc2)ncc1[Si](C)(C)C.CCc1ccnc(-c2ccccc2)c1.[Ir]. The van der Waals surface area contributed by atoms with Crippen molar-refractivity contribution >= 4 is 35.2 Å². The number of nitrogens with zero attached hydrogens (tertiary/aromatic N) is 3. The first-order valence-corrected chi connectivity index (χ1v) is 27.5. The molecule has 0 unspecified atom stereocenters. The number of pyridine rings is 3. The zero-order valence-electron chi connectivity index (χ0n) is 40.8. The van der Waals surface area contributed by atoms with Gasteiger partial charge in [-0.15, -0.1) is 0 Å². The average molecular weight is 1090 g/mol. The zero-order valence-corrected chi connectivity index (χ0v) is 44.2. The molecule has 1 fully saturated rings. The Kier molecular flexibility index (Phi) is 16.2. The standard InChI is InChI=1S/C31H28FNO.C17H23NSi.C13H13N.Ir/c1-31(2,21-8-3-4-9-21)22-16-17-33-28(19-22)26-12-7-11-25-24-15-14-20(18-29(24)34-30(25)26)23-10-5-6-13-27(23)32;1-13(2)15-11-16(14-9-7-6-8-10-14)18-12-17(15)19(3,4)5;1-2-11-8-9-14-13(10-11)12-6-4-3-5-7-12;/h5-7,10-19,21H,3-4,8-9H2,1-2H3;6-13H,1-5H3;3-10H,2H2,1H3;. The molecule has 4 heterocycles. The third-order valence-corrected chi connectivity index (χ3v) is 15.6. The topological polar surface area (TPSA) is 51.8 Å². The molecule has 349 valence electrons. The number of rotatable bonds is 9. The molecule has 1 radical (unpaired) electrons. The van der Waals surface area contributed by atoms with Crippen molar-refractivity contribution in [1.82, 2.24) is 15.0 Å². The monoisotopic (exact) mass is 1090 g/mol. The summed E-state index contributed by atoms with van der Waals surface area (Å²) in [4.78, 5) is 13.8. The summed E-state index contributed by atoms with van der Waals surface area (Å²) >= 11 is 0. The molecule has 7 heteroatoms. The summed E-state index contributed by atoms with van der Waals surface area (Å²) in [6.45, 7) is 18.6. The van der Waals surface area contributed by atoms with Gasteiger partial charge in [0, 0.05) is 71.7 Å². The summed E-state index contributed by atoms with van der Waals surface area (Å²) in [5, 5.41) is 3.57. The van der Waals surface area contributed by atoms with Gasteiger partial charge >= 0.3 is 0 Å². The molecule has 10 rings (SSSR count). The normalized spacial score (nSPS) is 12.9. The molecule has 1 saturated carbocycles. The minimum atomic E-state index is -1.33. The van der Waals surface area contributed by atoms with Crippen LogP contribution in [-0.4, -0.2) is 23.0 Å². The second-order valence-corrected chi connectivity index (χ2v) is 24.8. The van der Waals surface area contributed by atoms with E-state index in [0.717, 1.165) is 56.6 Å². The first kappa shape index (κ1) is 50.0. The maximum absolute atomic E-state index is 14.4. The van der Waals surface area contributed by atoms with Crippen LogP contribution in [0.2, 0.25) is 19.6 Å². The number of furan rings is 1. The van der Waals surface area contributed by atoms with Crippen molar-refractivity contribution in [2.75, 3.05) is 0 Å². The van der Waals surface area contributed by atoms with Gasteiger partial charge in [-0.25, -0.2) is 4.39 Å². The third kappa shape index (κ3) is 11.4. The number of hydrogen-bond donors (Lipinski definition) is 0. The number of aromatic nitrogens is 3.